The Morgan fingerprint density at radius 3 is 2.31 bits per heavy atom. The van der Waals surface area contributed by atoms with E-state index in [-0.39, 0.29) is 28.9 Å². The summed E-state index contributed by atoms with van der Waals surface area (Å²) in [5.74, 6) is -0.664. The first-order chi connectivity index (χ1) is 15.0. The van der Waals surface area contributed by atoms with Gasteiger partial charge in [0.05, 0.1) is 19.1 Å². The highest BCUT2D eigenvalue weighted by Gasteiger charge is 2.31. The number of sulfonamides is 1. The van der Waals surface area contributed by atoms with Crippen molar-refractivity contribution in [1.29, 1.82) is 0 Å². The van der Waals surface area contributed by atoms with Gasteiger partial charge >= 0.3 is 0 Å². The average Bonchev–Trinajstić information content (AvgIpc) is 2.75. The third kappa shape index (κ3) is 6.37. The zero-order chi connectivity index (χ0) is 24.1. The highest BCUT2D eigenvalue weighted by Crippen LogP contribution is 2.33. The Hall–Kier alpha value is -2.78. The van der Waals surface area contributed by atoms with Gasteiger partial charge in [0.15, 0.2) is 0 Å². The van der Waals surface area contributed by atoms with Crippen molar-refractivity contribution in [2.75, 3.05) is 31.3 Å². The van der Waals surface area contributed by atoms with Crippen molar-refractivity contribution in [3.63, 3.8) is 0 Å². The highest BCUT2D eigenvalue weighted by molar-refractivity contribution is 7.92. The van der Waals surface area contributed by atoms with Crippen molar-refractivity contribution in [3.05, 3.63) is 58.6 Å². The molecule has 0 spiro atoms. The maximum absolute atomic E-state index is 13.4. The third-order valence-corrected chi connectivity index (χ3v) is 6.34. The summed E-state index contributed by atoms with van der Waals surface area (Å²) >= 11 is 6.07. The molecule has 2 aromatic rings. The van der Waals surface area contributed by atoms with Crippen LogP contribution in [0.4, 0.5) is 5.69 Å². The first-order valence-electron chi connectivity index (χ1n) is 9.85. The molecule has 0 aliphatic heterocycles. The van der Waals surface area contributed by atoms with E-state index in [1.165, 1.54) is 31.2 Å². The van der Waals surface area contributed by atoms with Crippen LogP contribution in [0.1, 0.15) is 18.1 Å². The second-order valence-corrected chi connectivity index (χ2v) is 9.73. The second-order valence-electron chi connectivity index (χ2n) is 7.38. The van der Waals surface area contributed by atoms with Crippen molar-refractivity contribution in [2.45, 2.75) is 26.4 Å². The summed E-state index contributed by atoms with van der Waals surface area (Å²) in [6.07, 6.45) is 0.993. The molecule has 174 valence electrons. The Morgan fingerprint density at radius 1 is 1.16 bits per heavy atom. The Morgan fingerprint density at radius 2 is 1.78 bits per heavy atom. The average molecular weight is 482 g/mol. The predicted octanol–water partition coefficient (Wildman–Crippen LogP) is 2.59. The summed E-state index contributed by atoms with van der Waals surface area (Å²) in [7, 11) is -1.00. The Kier molecular flexibility index (Phi) is 8.51. The van der Waals surface area contributed by atoms with Gasteiger partial charge in [0, 0.05) is 18.6 Å². The lowest BCUT2D eigenvalue weighted by Crippen LogP contribution is -2.50. The van der Waals surface area contributed by atoms with Crippen LogP contribution < -0.4 is 14.4 Å². The molecule has 0 fully saturated rings. The van der Waals surface area contributed by atoms with Gasteiger partial charge < -0.3 is 15.0 Å². The van der Waals surface area contributed by atoms with Crippen molar-refractivity contribution in [2.24, 2.45) is 0 Å². The van der Waals surface area contributed by atoms with Crippen LogP contribution in [0.5, 0.6) is 5.75 Å². The van der Waals surface area contributed by atoms with E-state index in [1.807, 2.05) is 31.2 Å². The maximum Gasteiger partial charge on any atom is 0.244 e. The molecule has 32 heavy (non-hydrogen) atoms. The van der Waals surface area contributed by atoms with Gasteiger partial charge in [-0.2, -0.15) is 0 Å². The van der Waals surface area contributed by atoms with Gasteiger partial charge in [0.2, 0.25) is 21.8 Å². The number of anilines is 1. The van der Waals surface area contributed by atoms with Gasteiger partial charge in [0.25, 0.3) is 0 Å². The number of benzene rings is 2. The number of halogens is 1. The van der Waals surface area contributed by atoms with Gasteiger partial charge in [-0.1, -0.05) is 41.4 Å². The van der Waals surface area contributed by atoms with Crippen molar-refractivity contribution in [3.8, 4) is 5.75 Å². The van der Waals surface area contributed by atoms with Crippen LogP contribution in [0.25, 0.3) is 0 Å². The molecule has 0 aliphatic carbocycles. The number of carbonyl (C=O) groups excluding carboxylic acids is 2. The Labute approximate surface area is 194 Å². The summed E-state index contributed by atoms with van der Waals surface area (Å²) < 4.78 is 31.4. The van der Waals surface area contributed by atoms with E-state index in [4.69, 9.17) is 16.3 Å². The van der Waals surface area contributed by atoms with Crippen LogP contribution in [0, 0.1) is 6.92 Å². The molecular formula is C22H28ClN3O5S. The van der Waals surface area contributed by atoms with Crippen molar-refractivity contribution >= 4 is 39.1 Å². The lowest BCUT2D eigenvalue weighted by molar-refractivity contribution is -0.139. The summed E-state index contributed by atoms with van der Waals surface area (Å²) in [6, 6.07) is 11.2. The number of ether oxygens (including phenoxy) is 1. The molecular weight excluding hydrogens is 454 g/mol. The molecule has 0 saturated heterocycles. The molecule has 2 amide bonds. The largest absolute Gasteiger partial charge is 0.495 e. The standard InChI is InChI=1S/C22H28ClN3O5S/c1-15-6-8-17(9-7-15)13-25(16(2)22(28)24-3)21(27)14-26(32(5,29)30)19-12-18(23)10-11-20(19)31-4/h6-12,16H,13-14H2,1-5H3,(H,24,28)/t16-/m1/s1. The fraction of sp³-hybridized carbons (Fsp3) is 0.364. The summed E-state index contributed by atoms with van der Waals surface area (Å²) in [5.41, 5.74) is 2.01. The van der Waals surface area contributed by atoms with Crippen LogP contribution in [0.15, 0.2) is 42.5 Å². The number of nitrogens with one attached hydrogen (secondary N) is 1. The van der Waals surface area contributed by atoms with Crippen LogP contribution >= 0.6 is 11.6 Å². The monoisotopic (exact) mass is 481 g/mol. The van der Waals surface area contributed by atoms with Gasteiger partial charge in [-0.25, -0.2) is 8.42 Å². The Bertz CT molecular complexity index is 1070. The molecule has 2 aromatic carbocycles. The molecule has 0 aliphatic rings. The van der Waals surface area contributed by atoms with E-state index in [1.54, 1.807) is 13.0 Å². The zero-order valence-electron chi connectivity index (χ0n) is 18.8. The SMILES string of the molecule is CNC(=O)[C@@H](C)N(Cc1ccc(C)cc1)C(=O)CN(c1cc(Cl)ccc1OC)S(C)(=O)=O. The lowest BCUT2D eigenvalue weighted by Gasteiger charge is -2.31. The number of likely N-dealkylation sites (N-methyl/N-ethyl adjacent to an activating group) is 1. The minimum atomic E-state index is -3.88. The smallest absolute Gasteiger partial charge is 0.244 e. The third-order valence-electron chi connectivity index (χ3n) is 4.98. The van der Waals surface area contributed by atoms with E-state index in [0.29, 0.717) is 0 Å². The first kappa shape index (κ1) is 25.5. The minimum Gasteiger partial charge on any atom is -0.495 e. The predicted molar refractivity (Wildman–Crippen MR) is 125 cm³/mol. The summed E-state index contributed by atoms with van der Waals surface area (Å²) in [4.78, 5) is 27.0. The number of carbonyl (C=O) groups is 2. The van der Waals surface area contributed by atoms with Crippen LogP contribution in [-0.4, -0.2) is 58.1 Å². The molecule has 1 atom stereocenters. The lowest BCUT2D eigenvalue weighted by atomic mass is 10.1. The molecule has 1 N–H and O–H groups in total. The molecule has 8 nitrogen and oxygen atoms in total. The van der Waals surface area contributed by atoms with E-state index < -0.39 is 28.5 Å². The fourth-order valence-corrected chi connectivity index (χ4v) is 4.15. The number of hydrogen-bond acceptors (Lipinski definition) is 5. The molecule has 0 heterocycles. The molecule has 0 unspecified atom stereocenters. The maximum atomic E-state index is 13.4. The van der Waals surface area contributed by atoms with Gasteiger partial charge in [-0.3, -0.25) is 13.9 Å². The fourth-order valence-electron chi connectivity index (χ4n) is 3.13. The topological polar surface area (TPSA) is 96.0 Å². The number of methoxy groups -OCH3 is 1. The number of rotatable bonds is 9. The van der Waals surface area contributed by atoms with E-state index in [9.17, 15) is 18.0 Å². The quantitative estimate of drug-likeness (QED) is 0.594. The summed E-state index contributed by atoms with van der Waals surface area (Å²) in [5, 5.41) is 2.82. The van der Waals surface area contributed by atoms with Gasteiger partial charge in [-0.15, -0.1) is 0 Å². The first-order valence-corrected chi connectivity index (χ1v) is 12.1. The minimum absolute atomic E-state index is 0.137. The number of amides is 2. The van der Waals surface area contributed by atoms with Crippen LogP contribution in [-0.2, 0) is 26.2 Å². The number of aryl methyl sites for hydroxylation is 1. The molecule has 2 rings (SSSR count). The zero-order valence-corrected chi connectivity index (χ0v) is 20.3. The van der Waals surface area contributed by atoms with Crippen LogP contribution in [0.2, 0.25) is 5.02 Å². The number of hydrogen-bond donors (Lipinski definition) is 1. The molecule has 0 aromatic heterocycles. The molecule has 0 radical (unpaired) electrons. The normalized spacial score (nSPS) is 12.1. The van der Waals surface area contributed by atoms with E-state index in [0.717, 1.165) is 21.7 Å². The molecule has 0 saturated carbocycles. The molecule has 10 heteroatoms. The highest BCUT2D eigenvalue weighted by atomic mass is 35.5. The van der Waals surface area contributed by atoms with E-state index in [2.05, 4.69) is 5.32 Å². The van der Waals surface area contributed by atoms with E-state index >= 15 is 0 Å². The van der Waals surface area contributed by atoms with Gasteiger partial charge in [0.1, 0.15) is 18.3 Å². The number of nitrogens with zero attached hydrogens (tertiary/aromatic N) is 2. The van der Waals surface area contributed by atoms with Crippen molar-refractivity contribution < 1.29 is 22.7 Å². The van der Waals surface area contributed by atoms with Gasteiger partial charge in [-0.05, 0) is 37.6 Å². The summed E-state index contributed by atoms with van der Waals surface area (Å²) in [6.45, 7) is 3.15. The second kappa shape index (κ2) is 10.7. The Balaban J connectivity index is 2.44. The van der Waals surface area contributed by atoms with Crippen molar-refractivity contribution in [1.82, 2.24) is 10.2 Å². The van der Waals surface area contributed by atoms with Crippen LogP contribution in [0.3, 0.4) is 0 Å². The molecule has 0 bridgehead atoms.